The number of H-pyrrole nitrogens is 1. The van der Waals surface area contributed by atoms with Crippen LogP contribution in [0.15, 0.2) is 91.0 Å². The van der Waals surface area contributed by atoms with Crippen molar-refractivity contribution in [2.45, 2.75) is 19.0 Å². The third-order valence-corrected chi connectivity index (χ3v) is 8.09. The molecule has 7 rings (SSSR count). The Balaban J connectivity index is 1.25. The summed E-state index contributed by atoms with van der Waals surface area (Å²) in [6.07, 6.45) is 3.22. The molecule has 0 spiro atoms. The Labute approximate surface area is 235 Å². The number of halogens is 2. The highest BCUT2D eigenvalue weighted by molar-refractivity contribution is 6.00. The molecule has 2 aliphatic rings. The van der Waals surface area contributed by atoms with E-state index < -0.39 is 11.9 Å². The van der Waals surface area contributed by atoms with Gasteiger partial charge in [0.2, 0.25) is 0 Å². The number of carbonyl (C=O) groups excluding carboxylic acids is 1. The monoisotopic (exact) mass is 547 g/mol. The lowest BCUT2D eigenvalue weighted by Crippen LogP contribution is -2.30. The molecule has 0 saturated carbocycles. The molecule has 0 unspecified atom stereocenters. The maximum absolute atomic E-state index is 14.4. The average Bonchev–Trinajstić information content (AvgIpc) is 3.55. The van der Waals surface area contributed by atoms with Gasteiger partial charge in [-0.25, -0.2) is 8.78 Å². The van der Waals surface area contributed by atoms with Crippen molar-refractivity contribution in [3.05, 3.63) is 131 Å². The molecule has 204 valence electrons. The number of nitrogens with one attached hydrogen (secondary N) is 2. The van der Waals surface area contributed by atoms with E-state index in [1.807, 2.05) is 18.2 Å². The quantitative estimate of drug-likeness (QED) is 0.223. The number of nitrogens with zero attached hydrogens (tertiary/aromatic N) is 1. The summed E-state index contributed by atoms with van der Waals surface area (Å²) in [5.41, 5.74) is 7.37. The van der Waals surface area contributed by atoms with Crippen molar-refractivity contribution < 1.29 is 18.7 Å². The summed E-state index contributed by atoms with van der Waals surface area (Å²) in [5, 5.41) is 14.7. The Morgan fingerprint density at radius 1 is 0.829 bits per heavy atom. The molecule has 7 heteroatoms. The maximum Gasteiger partial charge on any atom is 0.255 e. The van der Waals surface area contributed by atoms with Crippen molar-refractivity contribution >= 4 is 22.4 Å². The van der Waals surface area contributed by atoms with Crippen LogP contribution < -0.4 is 5.32 Å². The van der Waals surface area contributed by atoms with Crippen LogP contribution in [0.4, 0.5) is 8.78 Å². The molecule has 1 atom stereocenters. The first kappa shape index (κ1) is 25.2. The minimum Gasteiger partial charge on any atom is -0.508 e. The van der Waals surface area contributed by atoms with E-state index in [4.69, 9.17) is 0 Å². The number of phenols is 1. The van der Waals surface area contributed by atoms with Crippen LogP contribution in [-0.2, 0) is 6.54 Å². The fourth-order valence-electron chi connectivity index (χ4n) is 5.99. The Hall–Kier alpha value is -4.75. The molecule has 1 aromatic heterocycles. The molecular weight excluding hydrogens is 520 g/mol. The molecule has 2 aliphatic heterocycles. The minimum atomic E-state index is -0.818. The van der Waals surface area contributed by atoms with Gasteiger partial charge in [0.25, 0.3) is 5.91 Å². The fraction of sp³-hybridized carbons (Fsp3) is 0.147. The van der Waals surface area contributed by atoms with Crippen LogP contribution in [-0.4, -0.2) is 34.0 Å². The number of fused-ring (bicyclic) bond motifs is 2. The summed E-state index contributed by atoms with van der Waals surface area (Å²) in [5.74, 6) is -1.27. The van der Waals surface area contributed by atoms with Crippen molar-refractivity contribution in [2.75, 3.05) is 13.1 Å². The first-order valence-corrected chi connectivity index (χ1v) is 13.7. The number of aromatic hydroxyl groups is 1. The van der Waals surface area contributed by atoms with E-state index in [0.29, 0.717) is 22.2 Å². The van der Waals surface area contributed by atoms with E-state index in [0.717, 1.165) is 36.2 Å². The molecule has 41 heavy (non-hydrogen) atoms. The summed E-state index contributed by atoms with van der Waals surface area (Å²) in [6, 6.07) is 23.3. The predicted octanol–water partition coefficient (Wildman–Crippen LogP) is 6.94. The average molecular weight is 548 g/mol. The molecule has 0 radical (unpaired) electrons. The zero-order valence-corrected chi connectivity index (χ0v) is 22.1. The second-order valence-electron chi connectivity index (χ2n) is 10.6. The van der Waals surface area contributed by atoms with Gasteiger partial charge in [-0.3, -0.25) is 4.79 Å². The lowest BCUT2D eigenvalue weighted by Gasteiger charge is -2.28. The fourth-order valence-corrected chi connectivity index (χ4v) is 5.99. The van der Waals surface area contributed by atoms with Gasteiger partial charge in [0.15, 0.2) is 0 Å². The topological polar surface area (TPSA) is 68.4 Å². The third-order valence-electron chi connectivity index (χ3n) is 8.09. The Morgan fingerprint density at radius 3 is 2.39 bits per heavy atom. The minimum absolute atomic E-state index is 0.130. The van der Waals surface area contributed by atoms with Crippen molar-refractivity contribution in [1.29, 1.82) is 0 Å². The van der Waals surface area contributed by atoms with Gasteiger partial charge in [-0.05, 0) is 89.3 Å². The number of phenolic OH excluding ortho intramolecular Hbond substituents is 1. The molecule has 5 aromatic rings. The number of carbonyl (C=O) groups is 1. The maximum atomic E-state index is 14.4. The smallest absolute Gasteiger partial charge is 0.255 e. The number of benzene rings is 4. The van der Waals surface area contributed by atoms with Gasteiger partial charge < -0.3 is 20.3 Å². The van der Waals surface area contributed by atoms with E-state index in [9.17, 15) is 18.7 Å². The lowest BCUT2D eigenvalue weighted by molar-refractivity contribution is 0.0726. The molecule has 0 fully saturated rings. The third kappa shape index (κ3) is 4.58. The standard InChI is InChI=1S/C34H27F2N3O2/c35-26-7-9-30-25(15-26)17-31(38-30)33(29-18-27(36)8-10-32(29)40)39-19-24-6-5-23(16-28(24)34(39)41)21-3-1-20(2-4-21)22-11-13-37-14-12-22/h1-11,15-18,33,37-38,40H,12-14,19H2/t33-/m1/s1. The summed E-state index contributed by atoms with van der Waals surface area (Å²) in [7, 11) is 0. The van der Waals surface area contributed by atoms with E-state index >= 15 is 0 Å². The molecular formula is C34H27F2N3O2. The lowest BCUT2D eigenvalue weighted by atomic mass is 9.96. The van der Waals surface area contributed by atoms with Crippen molar-refractivity contribution in [3.8, 4) is 16.9 Å². The van der Waals surface area contributed by atoms with Gasteiger partial charge in [0, 0.05) is 40.8 Å². The number of aromatic nitrogens is 1. The number of rotatable bonds is 5. The van der Waals surface area contributed by atoms with Gasteiger partial charge in [0.05, 0.1) is 0 Å². The first-order valence-electron chi connectivity index (χ1n) is 13.7. The Morgan fingerprint density at radius 2 is 1.59 bits per heavy atom. The summed E-state index contributed by atoms with van der Waals surface area (Å²) >= 11 is 0. The molecule has 0 aliphatic carbocycles. The zero-order chi connectivity index (χ0) is 28.1. The van der Waals surface area contributed by atoms with Crippen LogP contribution in [0.3, 0.4) is 0 Å². The largest absolute Gasteiger partial charge is 0.508 e. The van der Waals surface area contributed by atoms with Crippen LogP contribution in [0.1, 0.15) is 45.2 Å². The van der Waals surface area contributed by atoms with E-state index in [2.05, 4.69) is 40.6 Å². The van der Waals surface area contributed by atoms with E-state index in [-0.39, 0.29) is 29.6 Å². The molecule has 0 bridgehead atoms. The highest BCUT2D eigenvalue weighted by Gasteiger charge is 2.37. The highest BCUT2D eigenvalue weighted by atomic mass is 19.1. The number of hydrogen-bond donors (Lipinski definition) is 3. The molecule has 3 N–H and O–H groups in total. The van der Waals surface area contributed by atoms with Gasteiger partial charge in [-0.2, -0.15) is 0 Å². The van der Waals surface area contributed by atoms with Gasteiger partial charge in [-0.15, -0.1) is 0 Å². The summed E-state index contributed by atoms with van der Waals surface area (Å²) in [4.78, 5) is 18.8. The summed E-state index contributed by atoms with van der Waals surface area (Å²) in [6.45, 7) is 2.13. The number of amides is 1. The molecule has 5 nitrogen and oxygen atoms in total. The Kier molecular flexibility index (Phi) is 6.16. The second kappa shape index (κ2) is 10.0. The predicted molar refractivity (Wildman–Crippen MR) is 155 cm³/mol. The normalized spacial score (nSPS) is 15.7. The van der Waals surface area contributed by atoms with E-state index in [1.165, 1.54) is 41.5 Å². The van der Waals surface area contributed by atoms with Crippen LogP contribution in [0.2, 0.25) is 0 Å². The molecule has 3 heterocycles. The number of hydrogen-bond acceptors (Lipinski definition) is 3. The van der Waals surface area contributed by atoms with Gasteiger partial charge >= 0.3 is 0 Å². The van der Waals surface area contributed by atoms with Crippen LogP contribution >= 0.6 is 0 Å². The van der Waals surface area contributed by atoms with Gasteiger partial charge in [0.1, 0.15) is 23.4 Å². The van der Waals surface area contributed by atoms with Gasteiger partial charge in [-0.1, -0.05) is 42.5 Å². The molecule has 4 aromatic carbocycles. The van der Waals surface area contributed by atoms with Crippen molar-refractivity contribution in [2.24, 2.45) is 0 Å². The van der Waals surface area contributed by atoms with Crippen molar-refractivity contribution in [1.82, 2.24) is 15.2 Å². The summed E-state index contributed by atoms with van der Waals surface area (Å²) < 4.78 is 28.4. The highest BCUT2D eigenvalue weighted by Crippen LogP contribution is 2.41. The van der Waals surface area contributed by atoms with Crippen LogP contribution in [0, 0.1) is 11.6 Å². The second-order valence-corrected chi connectivity index (χ2v) is 10.6. The SMILES string of the molecule is O=C1c2cc(-c3ccc(C4=CCNCC4)cc3)ccc2CN1[C@@H](c1cc2cc(F)ccc2[nH]1)c1cc(F)ccc1O. The number of aromatic amines is 1. The van der Waals surface area contributed by atoms with Crippen LogP contribution in [0.25, 0.3) is 27.6 Å². The zero-order valence-electron chi connectivity index (χ0n) is 22.1. The molecule has 0 saturated heterocycles. The van der Waals surface area contributed by atoms with E-state index in [1.54, 1.807) is 17.0 Å². The Bertz CT molecular complexity index is 1840. The molecule has 1 amide bonds. The first-order chi connectivity index (χ1) is 19.9. The van der Waals surface area contributed by atoms with Crippen molar-refractivity contribution in [3.63, 3.8) is 0 Å². The van der Waals surface area contributed by atoms with Crippen LogP contribution in [0.5, 0.6) is 5.75 Å².